The van der Waals surface area contributed by atoms with Crippen molar-refractivity contribution in [1.29, 1.82) is 0 Å². The van der Waals surface area contributed by atoms with Gasteiger partial charge in [0.2, 0.25) is 11.8 Å². The molecule has 4 nitrogen and oxygen atoms in total. The van der Waals surface area contributed by atoms with Crippen molar-refractivity contribution >= 4 is 11.8 Å². The van der Waals surface area contributed by atoms with Gasteiger partial charge in [-0.1, -0.05) is 37.3 Å². The van der Waals surface area contributed by atoms with E-state index in [1.54, 1.807) is 11.8 Å². The van der Waals surface area contributed by atoms with Gasteiger partial charge in [-0.3, -0.25) is 9.59 Å². The molecule has 20 heavy (non-hydrogen) atoms. The summed E-state index contributed by atoms with van der Waals surface area (Å²) >= 11 is 0. The van der Waals surface area contributed by atoms with Crippen LogP contribution in [0.25, 0.3) is 0 Å². The first-order chi connectivity index (χ1) is 9.60. The van der Waals surface area contributed by atoms with Gasteiger partial charge < -0.3 is 10.2 Å². The summed E-state index contributed by atoms with van der Waals surface area (Å²) in [4.78, 5) is 25.6. The number of amides is 2. The van der Waals surface area contributed by atoms with Gasteiger partial charge in [0.05, 0.1) is 0 Å². The lowest BCUT2D eigenvalue weighted by Crippen LogP contribution is -2.48. The standard InChI is InChI=1S/C16H24N2O2/c1-4-15(19)18(13(3)16(20)17-5-2)12-11-14-9-7-6-8-10-14/h6-10,13H,4-5,11-12H2,1-3H3,(H,17,20)/t13-/m1/s1. The minimum Gasteiger partial charge on any atom is -0.355 e. The average molecular weight is 276 g/mol. The van der Waals surface area contributed by atoms with Crippen molar-refractivity contribution in [2.24, 2.45) is 0 Å². The van der Waals surface area contributed by atoms with E-state index in [-0.39, 0.29) is 11.8 Å². The lowest BCUT2D eigenvalue weighted by Gasteiger charge is -2.28. The number of likely N-dealkylation sites (N-methyl/N-ethyl adjacent to an activating group) is 1. The van der Waals surface area contributed by atoms with Gasteiger partial charge in [-0.25, -0.2) is 0 Å². The van der Waals surface area contributed by atoms with Crippen molar-refractivity contribution in [3.63, 3.8) is 0 Å². The molecule has 0 radical (unpaired) electrons. The number of rotatable bonds is 7. The van der Waals surface area contributed by atoms with E-state index in [1.807, 2.05) is 44.2 Å². The van der Waals surface area contributed by atoms with E-state index < -0.39 is 6.04 Å². The number of benzene rings is 1. The van der Waals surface area contributed by atoms with Crippen LogP contribution < -0.4 is 5.32 Å². The molecule has 1 N–H and O–H groups in total. The highest BCUT2D eigenvalue weighted by Crippen LogP contribution is 2.07. The van der Waals surface area contributed by atoms with Gasteiger partial charge in [0.15, 0.2) is 0 Å². The third kappa shape index (κ3) is 4.68. The van der Waals surface area contributed by atoms with Crippen LogP contribution in [-0.2, 0) is 16.0 Å². The zero-order chi connectivity index (χ0) is 15.0. The topological polar surface area (TPSA) is 49.4 Å². The predicted octanol–water partition coefficient (Wildman–Crippen LogP) is 1.99. The first kappa shape index (κ1) is 16.2. The Balaban J connectivity index is 2.69. The summed E-state index contributed by atoms with van der Waals surface area (Å²) < 4.78 is 0. The zero-order valence-electron chi connectivity index (χ0n) is 12.6. The number of hydrogen-bond donors (Lipinski definition) is 1. The van der Waals surface area contributed by atoms with Crippen LogP contribution in [-0.4, -0.2) is 35.8 Å². The minimum absolute atomic E-state index is 0.0136. The maximum atomic E-state index is 12.0. The molecule has 110 valence electrons. The third-order valence-electron chi connectivity index (χ3n) is 3.30. The van der Waals surface area contributed by atoms with E-state index in [9.17, 15) is 9.59 Å². The van der Waals surface area contributed by atoms with Gasteiger partial charge in [0, 0.05) is 19.5 Å². The second kappa shape index (κ2) is 8.35. The molecule has 0 aliphatic carbocycles. The fourth-order valence-corrected chi connectivity index (χ4v) is 2.10. The summed E-state index contributed by atoms with van der Waals surface area (Å²) in [5.41, 5.74) is 1.17. The highest BCUT2D eigenvalue weighted by atomic mass is 16.2. The van der Waals surface area contributed by atoms with Crippen molar-refractivity contribution in [3.8, 4) is 0 Å². The van der Waals surface area contributed by atoms with Gasteiger partial charge in [-0.05, 0) is 25.8 Å². The molecule has 0 aliphatic heterocycles. The number of carbonyl (C=O) groups is 2. The smallest absolute Gasteiger partial charge is 0.242 e. The SMILES string of the molecule is CCNC(=O)[C@@H](C)N(CCc1ccccc1)C(=O)CC. The molecule has 1 aromatic rings. The Morgan fingerprint density at radius 2 is 1.85 bits per heavy atom. The van der Waals surface area contributed by atoms with E-state index in [1.165, 1.54) is 5.56 Å². The van der Waals surface area contributed by atoms with Crippen molar-refractivity contribution < 1.29 is 9.59 Å². The van der Waals surface area contributed by atoms with Crippen LogP contribution in [0.15, 0.2) is 30.3 Å². The molecule has 0 heterocycles. The molecule has 0 spiro atoms. The van der Waals surface area contributed by atoms with Crippen LogP contribution in [0.1, 0.15) is 32.8 Å². The van der Waals surface area contributed by atoms with Gasteiger partial charge in [-0.2, -0.15) is 0 Å². The third-order valence-corrected chi connectivity index (χ3v) is 3.30. The Bertz CT molecular complexity index is 431. The molecule has 0 unspecified atom stereocenters. The Hall–Kier alpha value is -1.84. The lowest BCUT2D eigenvalue weighted by molar-refractivity contribution is -0.139. The Morgan fingerprint density at radius 1 is 1.20 bits per heavy atom. The quantitative estimate of drug-likeness (QED) is 0.828. The number of hydrogen-bond acceptors (Lipinski definition) is 2. The van der Waals surface area contributed by atoms with Gasteiger partial charge in [0.25, 0.3) is 0 Å². The molecule has 1 rings (SSSR count). The van der Waals surface area contributed by atoms with Gasteiger partial charge >= 0.3 is 0 Å². The first-order valence-corrected chi connectivity index (χ1v) is 7.21. The van der Waals surface area contributed by atoms with Crippen LogP contribution >= 0.6 is 0 Å². The van der Waals surface area contributed by atoms with Crippen molar-refractivity contribution in [1.82, 2.24) is 10.2 Å². The predicted molar refractivity (Wildman–Crippen MR) is 80.3 cm³/mol. The summed E-state index contributed by atoms with van der Waals surface area (Å²) in [6.07, 6.45) is 1.18. The lowest BCUT2D eigenvalue weighted by atomic mass is 10.1. The van der Waals surface area contributed by atoms with Crippen LogP contribution in [0.4, 0.5) is 0 Å². The average Bonchev–Trinajstić information content (AvgIpc) is 2.48. The summed E-state index contributed by atoms with van der Waals surface area (Å²) in [6.45, 7) is 6.62. The Labute approximate surface area is 121 Å². The molecule has 0 saturated heterocycles. The van der Waals surface area contributed by atoms with Gasteiger partial charge in [-0.15, -0.1) is 0 Å². The van der Waals surface area contributed by atoms with Crippen LogP contribution in [0.5, 0.6) is 0 Å². The molecule has 0 saturated carbocycles. The van der Waals surface area contributed by atoms with E-state index >= 15 is 0 Å². The molecule has 2 amide bonds. The summed E-state index contributed by atoms with van der Waals surface area (Å²) in [6, 6.07) is 9.57. The van der Waals surface area contributed by atoms with Crippen LogP contribution in [0.2, 0.25) is 0 Å². The molecule has 0 aromatic heterocycles. The second-order valence-electron chi connectivity index (χ2n) is 4.75. The number of carbonyl (C=O) groups excluding carboxylic acids is 2. The highest BCUT2D eigenvalue weighted by Gasteiger charge is 2.23. The maximum absolute atomic E-state index is 12.0. The normalized spacial score (nSPS) is 11.8. The maximum Gasteiger partial charge on any atom is 0.242 e. The highest BCUT2D eigenvalue weighted by molar-refractivity contribution is 5.87. The molecule has 0 fully saturated rings. The number of nitrogens with zero attached hydrogens (tertiary/aromatic N) is 1. The molecule has 4 heteroatoms. The van der Waals surface area contributed by atoms with E-state index in [4.69, 9.17) is 0 Å². The van der Waals surface area contributed by atoms with E-state index in [0.717, 1.165) is 6.42 Å². The first-order valence-electron chi connectivity index (χ1n) is 7.21. The molecule has 0 bridgehead atoms. The number of nitrogens with one attached hydrogen (secondary N) is 1. The Morgan fingerprint density at radius 3 is 2.40 bits per heavy atom. The summed E-state index contributed by atoms with van der Waals surface area (Å²) in [5, 5.41) is 2.77. The monoisotopic (exact) mass is 276 g/mol. The van der Waals surface area contributed by atoms with Crippen LogP contribution in [0, 0.1) is 0 Å². The molecule has 0 aliphatic rings. The largest absolute Gasteiger partial charge is 0.355 e. The zero-order valence-corrected chi connectivity index (χ0v) is 12.6. The molecule has 1 atom stereocenters. The van der Waals surface area contributed by atoms with Crippen molar-refractivity contribution in [2.45, 2.75) is 39.7 Å². The van der Waals surface area contributed by atoms with Crippen LogP contribution in [0.3, 0.4) is 0 Å². The minimum atomic E-state index is -0.425. The second-order valence-corrected chi connectivity index (χ2v) is 4.75. The Kier molecular flexibility index (Phi) is 6.77. The van der Waals surface area contributed by atoms with E-state index in [0.29, 0.717) is 19.5 Å². The summed E-state index contributed by atoms with van der Waals surface area (Å²) in [5.74, 6) is -0.0814. The van der Waals surface area contributed by atoms with Crippen molar-refractivity contribution in [2.75, 3.05) is 13.1 Å². The van der Waals surface area contributed by atoms with Gasteiger partial charge in [0.1, 0.15) is 6.04 Å². The molecule has 1 aromatic carbocycles. The van der Waals surface area contributed by atoms with Crippen molar-refractivity contribution in [3.05, 3.63) is 35.9 Å². The summed E-state index contributed by atoms with van der Waals surface area (Å²) in [7, 11) is 0. The fraction of sp³-hybridized carbons (Fsp3) is 0.500. The molecular weight excluding hydrogens is 252 g/mol. The fourth-order valence-electron chi connectivity index (χ4n) is 2.10. The van der Waals surface area contributed by atoms with E-state index in [2.05, 4.69) is 5.32 Å². The molecular formula is C16H24N2O2.